The maximum absolute atomic E-state index is 13.1. The third kappa shape index (κ3) is 5.55. The third-order valence-electron chi connectivity index (χ3n) is 5.65. The van der Waals surface area contributed by atoms with Crippen LogP contribution < -0.4 is 10.5 Å². The highest BCUT2D eigenvalue weighted by atomic mass is 32.2. The number of carbonyl (C=O) groups is 1. The Kier molecular flexibility index (Phi) is 8.32. The summed E-state index contributed by atoms with van der Waals surface area (Å²) in [6.07, 6.45) is 7.36. The molecule has 0 spiro atoms. The molecule has 0 fully saturated rings. The minimum atomic E-state index is -4.34. The van der Waals surface area contributed by atoms with E-state index in [-0.39, 0.29) is 28.7 Å². The van der Waals surface area contributed by atoms with Crippen molar-refractivity contribution in [2.24, 2.45) is 11.7 Å². The number of benzene rings is 1. The van der Waals surface area contributed by atoms with Gasteiger partial charge in [0.25, 0.3) is 10.0 Å². The normalized spacial score (nSPS) is 18.0. The highest BCUT2D eigenvalue weighted by molar-refractivity contribution is 7.90. The second-order valence-corrected chi connectivity index (χ2v) is 9.84. The molecular formula is C22H34N2O5S. The van der Waals surface area contributed by atoms with Gasteiger partial charge in [0, 0.05) is 23.9 Å². The number of amides is 1. The Labute approximate surface area is 179 Å². The zero-order chi connectivity index (χ0) is 22.5. The van der Waals surface area contributed by atoms with Crippen molar-refractivity contribution in [3.8, 4) is 11.5 Å². The van der Waals surface area contributed by atoms with Gasteiger partial charge in [-0.2, -0.15) is 0 Å². The zero-order valence-corrected chi connectivity index (χ0v) is 18.9. The van der Waals surface area contributed by atoms with E-state index in [2.05, 4.69) is 0 Å². The molecule has 2 rings (SSSR count). The lowest BCUT2D eigenvalue weighted by molar-refractivity contribution is -0.122. The number of phenols is 2. The second-order valence-electron chi connectivity index (χ2n) is 8.22. The van der Waals surface area contributed by atoms with Gasteiger partial charge in [0.1, 0.15) is 16.4 Å². The quantitative estimate of drug-likeness (QED) is 0.345. The Balaban J connectivity index is 2.60. The third-order valence-corrected chi connectivity index (χ3v) is 7.11. The van der Waals surface area contributed by atoms with Crippen molar-refractivity contribution in [3.63, 3.8) is 0 Å². The Morgan fingerprint density at radius 1 is 1.33 bits per heavy atom. The minimum Gasteiger partial charge on any atom is -0.507 e. The Morgan fingerprint density at radius 3 is 2.63 bits per heavy atom. The van der Waals surface area contributed by atoms with E-state index < -0.39 is 27.6 Å². The molecule has 30 heavy (non-hydrogen) atoms. The van der Waals surface area contributed by atoms with E-state index in [0.717, 1.165) is 31.3 Å². The van der Waals surface area contributed by atoms with Crippen molar-refractivity contribution < 1.29 is 23.4 Å². The van der Waals surface area contributed by atoms with Crippen LogP contribution in [-0.2, 0) is 21.2 Å². The van der Waals surface area contributed by atoms with E-state index >= 15 is 0 Å². The molecule has 0 bridgehead atoms. The maximum Gasteiger partial charge on any atom is 0.268 e. The summed E-state index contributed by atoms with van der Waals surface area (Å²) in [5.74, 6) is -2.28. The summed E-state index contributed by atoms with van der Waals surface area (Å²) >= 11 is 0. The van der Waals surface area contributed by atoms with Crippen molar-refractivity contribution in [2.45, 2.75) is 76.5 Å². The average Bonchev–Trinajstić information content (AvgIpc) is 2.66. The van der Waals surface area contributed by atoms with Crippen LogP contribution in [0.25, 0.3) is 0 Å². The van der Waals surface area contributed by atoms with Gasteiger partial charge in [0.15, 0.2) is 0 Å². The topological polar surface area (TPSA) is 130 Å². The summed E-state index contributed by atoms with van der Waals surface area (Å²) in [5.41, 5.74) is 7.12. The van der Waals surface area contributed by atoms with Crippen LogP contribution in [0.1, 0.15) is 76.3 Å². The summed E-state index contributed by atoms with van der Waals surface area (Å²) in [4.78, 5) is 11.9. The van der Waals surface area contributed by atoms with E-state index in [0.29, 0.717) is 24.8 Å². The fraction of sp³-hybridized carbons (Fsp3) is 0.591. The molecular weight excluding hydrogens is 404 g/mol. The number of hydrogen-bond donors (Lipinski definition) is 4. The molecule has 0 saturated carbocycles. The van der Waals surface area contributed by atoms with Crippen LogP contribution >= 0.6 is 0 Å². The molecule has 7 nitrogen and oxygen atoms in total. The van der Waals surface area contributed by atoms with Crippen molar-refractivity contribution in [1.82, 2.24) is 4.72 Å². The first-order valence-electron chi connectivity index (χ1n) is 10.6. The molecule has 0 saturated heterocycles. The molecule has 1 amide bonds. The fourth-order valence-corrected chi connectivity index (χ4v) is 5.29. The fourth-order valence-electron chi connectivity index (χ4n) is 3.85. The van der Waals surface area contributed by atoms with E-state index in [1.807, 2.05) is 24.6 Å². The van der Waals surface area contributed by atoms with E-state index in [9.17, 15) is 23.4 Å². The number of unbranched alkanes of at least 4 members (excludes halogenated alkanes) is 2. The number of aryl methyl sites for hydroxylation is 1. The molecule has 0 heterocycles. The monoisotopic (exact) mass is 438 g/mol. The van der Waals surface area contributed by atoms with Gasteiger partial charge in [-0.15, -0.1) is 0 Å². The number of nitrogens with one attached hydrogen (secondary N) is 1. The lowest BCUT2D eigenvalue weighted by Crippen LogP contribution is -2.37. The number of carbonyl (C=O) groups excluding carboxylic acids is 1. The average molecular weight is 439 g/mol. The number of allylic oxidation sites excluding steroid dienone is 2. The Hall–Kier alpha value is -2.06. The predicted molar refractivity (Wildman–Crippen MR) is 117 cm³/mol. The molecule has 1 aromatic rings. The SMILES string of the molecule is CCCCCc1cc(O)c(C2C=C(C)CCC2)c(O)c1S(=O)(=O)NC(=O)C(C)CN. The molecule has 0 radical (unpaired) electrons. The van der Waals surface area contributed by atoms with Crippen LogP contribution in [0, 0.1) is 5.92 Å². The molecule has 0 aliphatic heterocycles. The summed E-state index contributed by atoms with van der Waals surface area (Å²) in [6, 6.07) is 1.42. The molecule has 168 valence electrons. The van der Waals surface area contributed by atoms with Gasteiger partial charge in [-0.25, -0.2) is 13.1 Å². The molecule has 8 heteroatoms. The van der Waals surface area contributed by atoms with Gasteiger partial charge in [-0.3, -0.25) is 4.79 Å². The van der Waals surface area contributed by atoms with Crippen molar-refractivity contribution in [1.29, 1.82) is 0 Å². The maximum atomic E-state index is 13.1. The highest BCUT2D eigenvalue weighted by Crippen LogP contribution is 2.45. The van der Waals surface area contributed by atoms with Crippen LogP contribution in [-0.4, -0.2) is 31.1 Å². The number of rotatable bonds is 9. The van der Waals surface area contributed by atoms with Gasteiger partial charge in [0.2, 0.25) is 5.91 Å². The Morgan fingerprint density at radius 2 is 2.03 bits per heavy atom. The van der Waals surface area contributed by atoms with Crippen LogP contribution in [0.2, 0.25) is 0 Å². The molecule has 1 aromatic carbocycles. The molecule has 2 atom stereocenters. The van der Waals surface area contributed by atoms with Crippen molar-refractivity contribution in [2.75, 3.05) is 6.54 Å². The number of aromatic hydroxyl groups is 2. The largest absolute Gasteiger partial charge is 0.507 e. The highest BCUT2D eigenvalue weighted by Gasteiger charge is 2.32. The number of phenolic OH excluding ortho intramolecular Hbond substituents is 2. The second kappa shape index (κ2) is 10.3. The number of hydrogen-bond acceptors (Lipinski definition) is 6. The van der Waals surface area contributed by atoms with Crippen LogP contribution in [0.3, 0.4) is 0 Å². The molecule has 1 aliphatic rings. The van der Waals surface area contributed by atoms with Gasteiger partial charge in [-0.1, -0.05) is 38.3 Å². The van der Waals surface area contributed by atoms with Crippen LogP contribution in [0.15, 0.2) is 22.6 Å². The first-order chi connectivity index (χ1) is 14.1. The van der Waals surface area contributed by atoms with E-state index in [4.69, 9.17) is 5.73 Å². The van der Waals surface area contributed by atoms with E-state index in [1.54, 1.807) is 0 Å². The number of nitrogens with two attached hydrogens (primary N) is 1. The minimum absolute atomic E-state index is 0.00364. The summed E-state index contributed by atoms with van der Waals surface area (Å²) in [5, 5.41) is 21.7. The van der Waals surface area contributed by atoms with Gasteiger partial charge in [-0.05, 0) is 50.7 Å². The molecule has 1 aliphatic carbocycles. The van der Waals surface area contributed by atoms with Gasteiger partial charge < -0.3 is 15.9 Å². The van der Waals surface area contributed by atoms with Crippen LogP contribution in [0.5, 0.6) is 11.5 Å². The first kappa shape index (κ1) is 24.2. The molecule has 5 N–H and O–H groups in total. The lowest BCUT2D eigenvalue weighted by atomic mass is 9.84. The summed E-state index contributed by atoms with van der Waals surface area (Å²) in [6.45, 7) is 5.54. The first-order valence-corrected chi connectivity index (χ1v) is 12.1. The zero-order valence-electron chi connectivity index (χ0n) is 18.1. The predicted octanol–water partition coefficient (Wildman–Crippen LogP) is 3.44. The van der Waals surface area contributed by atoms with E-state index in [1.165, 1.54) is 13.0 Å². The van der Waals surface area contributed by atoms with Crippen molar-refractivity contribution in [3.05, 3.63) is 28.8 Å². The van der Waals surface area contributed by atoms with Crippen LogP contribution in [0.4, 0.5) is 0 Å². The summed E-state index contributed by atoms with van der Waals surface area (Å²) < 4.78 is 28.3. The molecule has 2 unspecified atom stereocenters. The lowest BCUT2D eigenvalue weighted by Gasteiger charge is -2.24. The van der Waals surface area contributed by atoms with Gasteiger partial charge in [0.05, 0.1) is 0 Å². The standard InChI is InChI=1S/C22H34N2O5S/c1-4-5-6-9-17-12-18(25)19(16-10-7-8-14(2)11-16)20(26)21(17)30(28,29)24-22(27)15(3)13-23/h11-12,15-16,25-26H,4-10,13,23H2,1-3H3,(H,24,27). The molecule has 0 aromatic heterocycles. The summed E-state index contributed by atoms with van der Waals surface area (Å²) in [7, 11) is -4.34. The Bertz CT molecular complexity index is 909. The smallest absolute Gasteiger partial charge is 0.268 e. The van der Waals surface area contributed by atoms with Gasteiger partial charge >= 0.3 is 0 Å². The number of sulfonamides is 1. The van der Waals surface area contributed by atoms with Crippen molar-refractivity contribution >= 4 is 15.9 Å².